The Kier molecular flexibility index (Phi) is 5.03. The maximum Gasteiger partial charge on any atom is 0.128 e. The number of hydrogen-bond acceptors (Lipinski definition) is 3. The first-order valence-electron chi connectivity index (χ1n) is 7.73. The van der Waals surface area contributed by atoms with Gasteiger partial charge in [-0.15, -0.1) is 0 Å². The maximum absolute atomic E-state index is 10.5. The molecule has 1 aromatic rings. The van der Waals surface area contributed by atoms with Gasteiger partial charge >= 0.3 is 0 Å². The highest BCUT2D eigenvalue weighted by atomic mass is 16.5. The first-order chi connectivity index (χ1) is 9.56. The van der Waals surface area contributed by atoms with Gasteiger partial charge in [-0.1, -0.05) is 19.8 Å². The molecular weight excluding hydrogens is 250 g/mol. The monoisotopic (exact) mass is 277 g/mol. The summed E-state index contributed by atoms with van der Waals surface area (Å²) in [5.41, 5.74) is 3.09. The van der Waals surface area contributed by atoms with Crippen LogP contribution in [0.15, 0.2) is 6.20 Å². The Bertz CT molecular complexity index is 459. The lowest BCUT2D eigenvalue weighted by atomic mass is 9.93. The molecule has 3 atom stereocenters. The second-order valence-electron chi connectivity index (χ2n) is 6.17. The van der Waals surface area contributed by atoms with Gasteiger partial charge in [0, 0.05) is 29.4 Å². The van der Waals surface area contributed by atoms with E-state index >= 15 is 0 Å². The van der Waals surface area contributed by atoms with Gasteiger partial charge in [0.2, 0.25) is 0 Å². The van der Waals surface area contributed by atoms with Crippen LogP contribution >= 0.6 is 0 Å². The summed E-state index contributed by atoms with van der Waals surface area (Å²) >= 11 is 0. The fourth-order valence-electron chi connectivity index (χ4n) is 3.48. The van der Waals surface area contributed by atoms with E-state index in [0.717, 1.165) is 34.9 Å². The Balaban J connectivity index is 2.07. The minimum Gasteiger partial charge on any atom is -0.496 e. The smallest absolute Gasteiger partial charge is 0.128 e. The molecule has 0 amide bonds. The molecule has 1 fully saturated rings. The van der Waals surface area contributed by atoms with E-state index in [1.807, 2.05) is 20.0 Å². The molecule has 1 aliphatic rings. The average molecular weight is 277 g/mol. The van der Waals surface area contributed by atoms with Crippen LogP contribution in [0.3, 0.4) is 0 Å². The molecule has 1 N–H and O–H groups in total. The van der Waals surface area contributed by atoms with Crippen LogP contribution in [-0.2, 0) is 6.42 Å². The van der Waals surface area contributed by atoms with Gasteiger partial charge in [0.15, 0.2) is 0 Å². The van der Waals surface area contributed by atoms with Crippen LogP contribution in [-0.4, -0.2) is 23.3 Å². The first-order valence-corrected chi connectivity index (χ1v) is 7.73. The molecule has 0 aliphatic heterocycles. The lowest BCUT2D eigenvalue weighted by molar-refractivity contribution is 0.107. The van der Waals surface area contributed by atoms with Crippen molar-refractivity contribution in [3.63, 3.8) is 0 Å². The van der Waals surface area contributed by atoms with Crippen LogP contribution < -0.4 is 4.74 Å². The van der Waals surface area contributed by atoms with Crippen LogP contribution in [0, 0.1) is 25.7 Å². The minimum absolute atomic E-state index is 0.273. The molecular formula is C17H27NO2. The number of aliphatic hydroxyl groups excluding tert-OH is 1. The highest BCUT2D eigenvalue weighted by Gasteiger charge is 2.29. The molecule has 0 aromatic carbocycles. The van der Waals surface area contributed by atoms with Gasteiger partial charge in [0.1, 0.15) is 5.75 Å². The fraction of sp³-hybridized carbons (Fsp3) is 0.706. The zero-order valence-corrected chi connectivity index (χ0v) is 13.1. The standard InChI is InChI=1S/C17H27NO2/c1-5-13-6-7-14(8-13)16(19)9-15-12(3)17(20-4)11(2)10-18-15/h10,13-14,16,19H,5-9H2,1-4H3. The van der Waals surface area contributed by atoms with Crippen molar-refractivity contribution < 1.29 is 9.84 Å². The molecule has 0 radical (unpaired) electrons. The van der Waals surface area contributed by atoms with E-state index in [0.29, 0.717) is 12.3 Å². The molecule has 1 aliphatic carbocycles. The fourth-order valence-corrected chi connectivity index (χ4v) is 3.48. The molecule has 20 heavy (non-hydrogen) atoms. The molecule has 2 rings (SSSR count). The molecule has 1 saturated carbocycles. The van der Waals surface area contributed by atoms with Crippen molar-refractivity contribution >= 4 is 0 Å². The Morgan fingerprint density at radius 1 is 1.40 bits per heavy atom. The summed E-state index contributed by atoms with van der Waals surface area (Å²) in [5.74, 6) is 2.14. The van der Waals surface area contributed by atoms with E-state index < -0.39 is 0 Å². The molecule has 0 bridgehead atoms. The van der Waals surface area contributed by atoms with Crippen LogP contribution in [0.1, 0.15) is 49.4 Å². The highest BCUT2D eigenvalue weighted by Crippen LogP contribution is 2.36. The minimum atomic E-state index is -0.273. The molecule has 112 valence electrons. The number of aliphatic hydroxyl groups is 1. The predicted molar refractivity (Wildman–Crippen MR) is 81.1 cm³/mol. The number of ether oxygens (including phenoxy) is 1. The van der Waals surface area contributed by atoms with Crippen molar-refractivity contribution in [2.24, 2.45) is 11.8 Å². The van der Waals surface area contributed by atoms with Crippen molar-refractivity contribution in [2.75, 3.05) is 7.11 Å². The molecule has 3 heteroatoms. The first kappa shape index (κ1) is 15.3. The van der Waals surface area contributed by atoms with E-state index in [1.54, 1.807) is 7.11 Å². The van der Waals surface area contributed by atoms with E-state index in [1.165, 1.54) is 19.3 Å². The predicted octanol–water partition coefficient (Wildman–Crippen LogP) is 3.44. The van der Waals surface area contributed by atoms with Crippen molar-refractivity contribution in [1.82, 2.24) is 4.98 Å². The second-order valence-corrected chi connectivity index (χ2v) is 6.17. The lowest BCUT2D eigenvalue weighted by Crippen LogP contribution is -2.22. The van der Waals surface area contributed by atoms with Gasteiger partial charge in [0.25, 0.3) is 0 Å². The van der Waals surface area contributed by atoms with Gasteiger partial charge in [-0.3, -0.25) is 4.98 Å². The van der Waals surface area contributed by atoms with Crippen LogP contribution in [0.2, 0.25) is 0 Å². The number of nitrogens with zero attached hydrogens (tertiary/aromatic N) is 1. The second kappa shape index (κ2) is 6.57. The van der Waals surface area contributed by atoms with Gasteiger partial charge < -0.3 is 9.84 Å². The Morgan fingerprint density at radius 2 is 2.15 bits per heavy atom. The lowest BCUT2D eigenvalue weighted by Gasteiger charge is -2.20. The topological polar surface area (TPSA) is 42.4 Å². The van der Waals surface area contributed by atoms with Crippen LogP contribution in [0.5, 0.6) is 5.75 Å². The zero-order chi connectivity index (χ0) is 14.7. The summed E-state index contributed by atoms with van der Waals surface area (Å²) < 4.78 is 5.44. The quantitative estimate of drug-likeness (QED) is 0.896. The molecule has 3 unspecified atom stereocenters. The van der Waals surface area contributed by atoms with Crippen molar-refractivity contribution in [1.29, 1.82) is 0 Å². The van der Waals surface area contributed by atoms with Gasteiger partial charge in [-0.25, -0.2) is 0 Å². The van der Waals surface area contributed by atoms with E-state index in [9.17, 15) is 5.11 Å². The normalized spacial score (nSPS) is 23.9. The summed E-state index contributed by atoms with van der Waals surface area (Å²) in [6.45, 7) is 6.28. The van der Waals surface area contributed by atoms with Gasteiger partial charge in [-0.2, -0.15) is 0 Å². The molecule has 0 saturated heterocycles. The number of rotatable bonds is 5. The third kappa shape index (κ3) is 3.14. The summed E-state index contributed by atoms with van der Waals surface area (Å²) in [6.07, 6.45) is 7.04. The van der Waals surface area contributed by atoms with Gasteiger partial charge in [-0.05, 0) is 38.5 Å². The van der Waals surface area contributed by atoms with Crippen molar-refractivity contribution in [3.05, 3.63) is 23.0 Å². The van der Waals surface area contributed by atoms with Crippen LogP contribution in [0.25, 0.3) is 0 Å². The van der Waals surface area contributed by atoms with E-state index in [2.05, 4.69) is 11.9 Å². The third-order valence-electron chi connectivity index (χ3n) is 4.86. The van der Waals surface area contributed by atoms with Gasteiger partial charge in [0.05, 0.1) is 13.2 Å². The maximum atomic E-state index is 10.5. The molecule has 0 spiro atoms. The number of pyridine rings is 1. The number of aromatic nitrogens is 1. The number of methoxy groups -OCH3 is 1. The molecule has 3 nitrogen and oxygen atoms in total. The highest BCUT2D eigenvalue weighted by molar-refractivity contribution is 5.41. The Hall–Kier alpha value is -1.09. The molecule has 1 heterocycles. The van der Waals surface area contributed by atoms with Crippen molar-refractivity contribution in [2.45, 2.75) is 59.0 Å². The average Bonchev–Trinajstić information content (AvgIpc) is 2.91. The SMILES string of the molecule is CCC1CCC(C(O)Cc2ncc(C)c(OC)c2C)C1. The Labute approximate surface area is 122 Å². The summed E-state index contributed by atoms with van der Waals surface area (Å²) in [4.78, 5) is 4.50. The zero-order valence-electron chi connectivity index (χ0n) is 13.1. The Morgan fingerprint density at radius 3 is 2.75 bits per heavy atom. The van der Waals surface area contributed by atoms with Crippen molar-refractivity contribution in [3.8, 4) is 5.75 Å². The summed E-state index contributed by atoms with van der Waals surface area (Å²) in [6, 6.07) is 0. The number of hydrogen-bond donors (Lipinski definition) is 1. The van der Waals surface area contributed by atoms with E-state index in [-0.39, 0.29) is 6.10 Å². The largest absolute Gasteiger partial charge is 0.496 e. The molecule has 1 aromatic heterocycles. The summed E-state index contributed by atoms with van der Waals surface area (Å²) in [5, 5.41) is 10.5. The third-order valence-corrected chi connectivity index (χ3v) is 4.86. The summed E-state index contributed by atoms with van der Waals surface area (Å²) in [7, 11) is 1.69. The van der Waals surface area contributed by atoms with Crippen LogP contribution in [0.4, 0.5) is 0 Å². The van der Waals surface area contributed by atoms with E-state index in [4.69, 9.17) is 4.74 Å². The number of aryl methyl sites for hydroxylation is 1.